The second-order valence-electron chi connectivity index (χ2n) is 6.67. The normalized spacial score (nSPS) is 12.0. The topological polar surface area (TPSA) is 68.5 Å². The zero-order chi connectivity index (χ0) is 19.4. The fourth-order valence-electron chi connectivity index (χ4n) is 2.87. The van der Waals surface area contributed by atoms with E-state index in [4.69, 9.17) is 9.15 Å². The Bertz CT molecular complexity index is 1000. The Balaban J connectivity index is 1.62. The molecule has 1 N–H and O–H groups in total. The van der Waals surface area contributed by atoms with Crippen LogP contribution in [-0.4, -0.2) is 12.5 Å². The number of benzene rings is 2. The van der Waals surface area contributed by atoms with Crippen LogP contribution >= 0.6 is 0 Å². The number of ether oxygens (including phenoxy) is 1. The van der Waals surface area contributed by atoms with Crippen LogP contribution in [0.25, 0.3) is 11.0 Å². The van der Waals surface area contributed by atoms with Gasteiger partial charge in [0.2, 0.25) is 0 Å². The first-order valence-corrected chi connectivity index (χ1v) is 9.03. The van der Waals surface area contributed by atoms with Crippen LogP contribution in [0.2, 0.25) is 0 Å². The van der Waals surface area contributed by atoms with Crippen LogP contribution in [0.15, 0.2) is 57.7 Å². The van der Waals surface area contributed by atoms with Crippen LogP contribution in [0, 0.1) is 6.92 Å². The Hall–Kier alpha value is -3.08. The van der Waals surface area contributed by atoms with Crippen molar-refractivity contribution in [2.75, 3.05) is 11.9 Å². The highest BCUT2D eigenvalue weighted by atomic mass is 16.5. The van der Waals surface area contributed by atoms with Gasteiger partial charge < -0.3 is 14.5 Å². The van der Waals surface area contributed by atoms with E-state index in [1.54, 1.807) is 12.1 Å². The van der Waals surface area contributed by atoms with Crippen molar-refractivity contribution in [3.63, 3.8) is 0 Å². The lowest BCUT2D eigenvalue weighted by Crippen LogP contribution is -2.20. The van der Waals surface area contributed by atoms with Crippen molar-refractivity contribution in [3.05, 3.63) is 70.1 Å². The Kier molecular flexibility index (Phi) is 5.60. The molecule has 0 saturated carbocycles. The maximum Gasteiger partial charge on any atom is 0.336 e. The van der Waals surface area contributed by atoms with Gasteiger partial charge in [-0.15, -0.1) is 0 Å². The number of aryl methyl sites for hydroxylation is 1. The summed E-state index contributed by atoms with van der Waals surface area (Å²) in [6.45, 7) is 6.04. The number of hydrogen-bond acceptors (Lipinski definition) is 4. The Morgan fingerprint density at radius 1 is 1.15 bits per heavy atom. The molecule has 3 aromatic rings. The zero-order valence-electron chi connectivity index (χ0n) is 15.7. The molecule has 0 saturated heterocycles. The molecule has 0 aliphatic heterocycles. The molecule has 1 aromatic heterocycles. The fourth-order valence-corrected chi connectivity index (χ4v) is 2.87. The van der Waals surface area contributed by atoms with E-state index < -0.39 is 5.63 Å². The Morgan fingerprint density at radius 3 is 2.59 bits per heavy atom. The van der Waals surface area contributed by atoms with E-state index in [1.807, 2.05) is 37.3 Å². The van der Waals surface area contributed by atoms with E-state index in [1.165, 1.54) is 11.6 Å². The Labute approximate surface area is 158 Å². The molecular weight excluding hydrogens is 342 g/mol. The van der Waals surface area contributed by atoms with Crippen molar-refractivity contribution < 1.29 is 13.9 Å². The van der Waals surface area contributed by atoms with E-state index in [9.17, 15) is 9.59 Å². The highest BCUT2D eigenvalue weighted by molar-refractivity contribution is 5.92. The van der Waals surface area contributed by atoms with Gasteiger partial charge in [-0.05, 0) is 54.7 Å². The lowest BCUT2D eigenvalue weighted by Gasteiger charge is -2.11. The van der Waals surface area contributed by atoms with Crippen LogP contribution in [0.4, 0.5) is 5.69 Å². The highest BCUT2D eigenvalue weighted by Gasteiger charge is 2.08. The van der Waals surface area contributed by atoms with Crippen LogP contribution in [0.1, 0.15) is 37.3 Å². The third kappa shape index (κ3) is 4.56. The summed E-state index contributed by atoms with van der Waals surface area (Å²) in [5.74, 6) is 0.713. The number of hydrogen-bond donors (Lipinski definition) is 1. The summed E-state index contributed by atoms with van der Waals surface area (Å²) in [5, 5.41) is 3.65. The Morgan fingerprint density at radius 2 is 1.89 bits per heavy atom. The number of rotatable bonds is 6. The average Bonchev–Trinajstić information content (AvgIpc) is 2.66. The first-order valence-electron chi connectivity index (χ1n) is 9.03. The number of carbonyl (C=O) groups excluding carboxylic acids is 1. The van der Waals surface area contributed by atoms with Gasteiger partial charge in [0, 0.05) is 23.2 Å². The molecule has 3 rings (SSSR count). The first-order chi connectivity index (χ1) is 13.0. The molecule has 1 amide bonds. The molecule has 0 aliphatic carbocycles. The monoisotopic (exact) mass is 365 g/mol. The first kappa shape index (κ1) is 18.7. The van der Waals surface area contributed by atoms with Crippen LogP contribution in [0.5, 0.6) is 5.75 Å². The molecular formula is C22H23NO4. The maximum atomic E-state index is 12.1. The van der Waals surface area contributed by atoms with Crippen LogP contribution in [0.3, 0.4) is 0 Å². The lowest BCUT2D eigenvalue weighted by molar-refractivity contribution is -0.118. The summed E-state index contributed by atoms with van der Waals surface area (Å²) in [7, 11) is 0. The van der Waals surface area contributed by atoms with Gasteiger partial charge >= 0.3 is 5.63 Å². The molecule has 0 spiro atoms. The molecule has 5 heteroatoms. The average molecular weight is 365 g/mol. The number of fused-ring (bicyclic) bond motifs is 1. The predicted octanol–water partition coefficient (Wildman–Crippen LogP) is 4.63. The molecule has 0 aliphatic rings. The molecule has 5 nitrogen and oxygen atoms in total. The third-order valence-corrected chi connectivity index (χ3v) is 4.67. The summed E-state index contributed by atoms with van der Waals surface area (Å²) in [5.41, 5.74) is 2.86. The van der Waals surface area contributed by atoms with Crippen LogP contribution in [-0.2, 0) is 4.79 Å². The fraction of sp³-hybridized carbons (Fsp3) is 0.273. The molecule has 0 bridgehead atoms. The van der Waals surface area contributed by atoms with Gasteiger partial charge in [-0.25, -0.2) is 4.79 Å². The summed E-state index contributed by atoms with van der Waals surface area (Å²) in [6.07, 6.45) is 1.07. The molecule has 1 heterocycles. The SMILES string of the molecule is CCC(C)c1ccc(NC(=O)COc2ccc3c(C)cc(=O)oc3c2)cc1. The van der Waals surface area contributed by atoms with Gasteiger partial charge in [0.05, 0.1) is 0 Å². The van der Waals surface area contributed by atoms with Crippen molar-refractivity contribution in [2.45, 2.75) is 33.1 Å². The number of amides is 1. The largest absolute Gasteiger partial charge is 0.484 e. The van der Waals surface area contributed by atoms with Gasteiger partial charge in [-0.3, -0.25) is 4.79 Å². The smallest absolute Gasteiger partial charge is 0.336 e. The quantitative estimate of drug-likeness (QED) is 0.647. The summed E-state index contributed by atoms with van der Waals surface area (Å²) in [6, 6.07) is 14.5. The number of nitrogens with one attached hydrogen (secondary N) is 1. The van der Waals surface area contributed by atoms with Gasteiger partial charge in [-0.2, -0.15) is 0 Å². The van der Waals surface area contributed by atoms with Crippen molar-refractivity contribution >= 4 is 22.6 Å². The van der Waals surface area contributed by atoms with E-state index in [0.717, 1.165) is 23.1 Å². The van der Waals surface area contributed by atoms with Crippen molar-refractivity contribution in [2.24, 2.45) is 0 Å². The molecule has 1 atom stereocenters. The summed E-state index contributed by atoms with van der Waals surface area (Å²) in [4.78, 5) is 23.6. The van der Waals surface area contributed by atoms with Gasteiger partial charge in [0.25, 0.3) is 5.91 Å². The van der Waals surface area contributed by atoms with Crippen molar-refractivity contribution in [3.8, 4) is 5.75 Å². The molecule has 0 fully saturated rings. The molecule has 0 radical (unpaired) electrons. The van der Waals surface area contributed by atoms with Crippen LogP contribution < -0.4 is 15.7 Å². The lowest BCUT2D eigenvalue weighted by atomic mass is 9.99. The summed E-state index contributed by atoms with van der Waals surface area (Å²) >= 11 is 0. The standard InChI is InChI=1S/C22H23NO4/c1-4-14(2)16-5-7-17(8-6-16)23-21(24)13-26-18-9-10-19-15(3)11-22(25)27-20(19)12-18/h5-12,14H,4,13H2,1-3H3,(H,23,24). The van der Waals surface area contributed by atoms with E-state index in [2.05, 4.69) is 19.2 Å². The third-order valence-electron chi connectivity index (χ3n) is 4.67. The highest BCUT2D eigenvalue weighted by Crippen LogP contribution is 2.23. The second kappa shape index (κ2) is 8.08. The van der Waals surface area contributed by atoms with Gasteiger partial charge in [-0.1, -0.05) is 26.0 Å². The molecule has 27 heavy (non-hydrogen) atoms. The number of carbonyl (C=O) groups is 1. The molecule has 2 aromatic carbocycles. The summed E-state index contributed by atoms with van der Waals surface area (Å²) < 4.78 is 10.7. The minimum atomic E-state index is -0.407. The minimum Gasteiger partial charge on any atom is -0.484 e. The van der Waals surface area contributed by atoms with Crippen molar-refractivity contribution in [1.82, 2.24) is 0 Å². The van der Waals surface area contributed by atoms with E-state index >= 15 is 0 Å². The predicted molar refractivity (Wildman–Crippen MR) is 106 cm³/mol. The molecule has 140 valence electrons. The molecule has 1 unspecified atom stereocenters. The zero-order valence-corrected chi connectivity index (χ0v) is 15.7. The van der Waals surface area contributed by atoms with Gasteiger partial charge in [0.15, 0.2) is 6.61 Å². The van der Waals surface area contributed by atoms with E-state index in [0.29, 0.717) is 17.3 Å². The van der Waals surface area contributed by atoms with E-state index in [-0.39, 0.29) is 12.5 Å². The van der Waals surface area contributed by atoms with Gasteiger partial charge in [0.1, 0.15) is 11.3 Å². The maximum absolute atomic E-state index is 12.1. The van der Waals surface area contributed by atoms with Crippen molar-refractivity contribution in [1.29, 1.82) is 0 Å². The second-order valence-corrected chi connectivity index (χ2v) is 6.67. The number of anilines is 1. The minimum absolute atomic E-state index is 0.130.